The van der Waals surface area contributed by atoms with E-state index < -0.39 is 0 Å². The molecule has 0 radical (unpaired) electrons. The first kappa shape index (κ1) is 21.5. The van der Waals surface area contributed by atoms with Crippen molar-refractivity contribution in [1.29, 1.82) is 0 Å². The van der Waals surface area contributed by atoms with Gasteiger partial charge in [0.1, 0.15) is 11.0 Å². The zero-order valence-corrected chi connectivity index (χ0v) is 17.8. The molecule has 2 aromatic carbocycles. The van der Waals surface area contributed by atoms with E-state index in [0.717, 1.165) is 28.7 Å². The summed E-state index contributed by atoms with van der Waals surface area (Å²) in [6, 6.07) is 14.0. The number of aryl methyl sites for hydroxylation is 1. The number of unbranched alkanes of at least 4 members (excludes halogenated alkanes) is 9. The topological polar surface area (TPSA) is 50.9 Å². The minimum absolute atomic E-state index is 0.0150. The van der Waals surface area contributed by atoms with Crippen molar-refractivity contribution in [3.05, 3.63) is 53.6 Å². The molecule has 4 nitrogen and oxygen atoms in total. The number of nitrogens with zero attached hydrogens (tertiary/aromatic N) is 3. The van der Waals surface area contributed by atoms with Gasteiger partial charge in [-0.25, -0.2) is 0 Å². The van der Waals surface area contributed by atoms with Crippen molar-refractivity contribution in [1.82, 2.24) is 15.0 Å². The molecule has 0 atom stereocenters. The molecule has 1 N–H and O–H groups in total. The average Bonchev–Trinajstić information content (AvgIpc) is 3.19. The number of aliphatic hydroxyl groups excluding tert-OH is 1. The molecule has 3 rings (SSSR count). The van der Waals surface area contributed by atoms with E-state index >= 15 is 0 Å². The van der Waals surface area contributed by atoms with Crippen molar-refractivity contribution < 1.29 is 5.11 Å². The van der Waals surface area contributed by atoms with Crippen molar-refractivity contribution in [2.24, 2.45) is 0 Å². The fraction of sp³-hybridized carbons (Fsp3) is 0.520. The third-order valence-electron chi connectivity index (χ3n) is 5.71. The summed E-state index contributed by atoms with van der Waals surface area (Å²) in [5.41, 5.74) is 4.79. The van der Waals surface area contributed by atoms with Gasteiger partial charge in [0.05, 0.1) is 12.3 Å². The van der Waals surface area contributed by atoms with Crippen molar-refractivity contribution in [2.75, 3.05) is 0 Å². The number of rotatable bonds is 13. The van der Waals surface area contributed by atoms with Crippen LogP contribution in [0, 0.1) is 0 Å². The second-order valence-corrected chi connectivity index (χ2v) is 7.98. The third-order valence-corrected chi connectivity index (χ3v) is 5.71. The summed E-state index contributed by atoms with van der Waals surface area (Å²) < 4.78 is 0. The quantitative estimate of drug-likeness (QED) is 0.343. The molecule has 0 spiro atoms. The molecule has 0 saturated heterocycles. The normalized spacial score (nSPS) is 11.4. The number of aromatic nitrogens is 3. The van der Waals surface area contributed by atoms with Gasteiger partial charge in [-0.15, -0.1) is 10.2 Å². The monoisotopic (exact) mass is 393 g/mol. The average molecular weight is 394 g/mol. The van der Waals surface area contributed by atoms with E-state index in [1.807, 2.05) is 36.4 Å². The lowest BCUT2D eigenvalue weighted by Gasteiger charge is -2.12. The van der Waals surface area contributed by atoms with Crippen molar-refractivity contribution in [3.63, 3.8) is 0 Å². The molecule has 4 heteroatoms. The van der Waals surface area contributed by atoms with Crippen LogP contribution in [0.15, 0.2) is 42.5 Å². The highest BCUT2D eigenvalue weighted by atomic mass is 16.3. The summed E-state index contributed by atoms with van der Waals surface area (Å²) in [4.78, 5) is 1.66. The molecule has 1 aromatic heterocycles. The number of fused-ring (bicyclic) bond motifs is 1. The van der Waals surface area contributed by atoms with Gasteiger partial charge < -0.3 is 5.11 Å². The van der Waals surface area contributed by atoms with Crippen LogP contribution in [0.3, 0.4) is 0 Å². The van der Waals surface area contributed by atoms with E-state index in [4.69, 9.17) is 0 Å². The smallest absolute Gasteiger partial charge is 0.113 e. The van der Waals surface area contributed by atoms with Gasteiger partial charge in [0.2, 0.25) is 0 Å². The molecule has 0 aliphatic carbocycles. The fourth-order valence-electron chi connectivity index (χ4n) is 4.00. The van der Waals surface area contributed by atoms with Gasteiger partial charge in [0, 0.05) is 5.56 Å². The number of hydrogen-bond donors (Lipinski definition) is 1. The van der Waals surface area contributed by atoms with Crippen LogP contribution in [-0.4, -0.2) is 20.1 Å². The fourth-order valence-corrected chi connectivity index (χ4v) is 4.00. The maximum Gasteiger partial charge on any atom is 0.113 e. The van der Waals surface area contributed by atoms with Gasteiger partial charge >= 0.3 is 0 Å². The van der Waals surface area contributed by atoms with Gasteiger partial charge in [-0.05, 0) is 36.6 Å². The molecule has 3 aromatic rings. The van der Waals surface area contributed by atoms with Gasteiger partial charge in [0.15, 0.2) is 0 Å². The summed E-state index contributed by atoms with van der Waals surface area (Å²) in [5.74, 6) is 0. The second-order valence-electron chi connectivity index (χ2n) is 7.98. The van der Waals surface area contributed by atoms with Gasteiger partial charge in [-0.3, -0.25) is 0 Å². The molecule has 29 heavy (non-hydrogen) atoms. The lowest BCUT2D eigenvalue weighted by molar-refractivity contribution is 0.279. The molecule has 0 aliphatic rings. The van der Waals surface area contributed by atoms with Crippen LogP contribution in [0.25, 0.3) is 16.7 Å². The minimum atomic E-state index is 0.0150. The van der Waals surface area contributed by atoms with Crippen LogP contribution in [0.4, 0.5) is 0 Å². The van der Waals surface area contributed by atoms with Crippen LogP contribution in [0.5, 0.6) is 0 Å². The summed E-state index contributed by atoms with van der Waals surface area (Å²) in [7, 11) is 0. The summed E-state index contributed by atoms with van der Waals surface area (Å²) in [6.07, 6.45) is 14.4. The molecule has 0 amide bonds. The lowest BCUT2D eigenvalue weighted by Crippen LogP contribution is -2.06. The number of benzene rings is 2. The minimum Gasteiger partial charge on any atom is -0.392 e. The standard InChI is InChI=1S/C25H35N3O/c1-2-3-4-5-6-7-8-9-10-11-15-21-16-14-19-25(22(21)20-29)28-26-23-17-12-13-18-24(23)27-28/h12-14,16-19,29H,2-11,15,20H2,1H3. The van der Waals surface area contributed by atoms with E-state index in [2.05, 4.69) is 23.2 Å². The largest absolute Gasteiger partial charge is 0.392 e. The Morgan fingerprint density at radius 3 is 1.90 bits per heavy atom. The second kappa shape index (κ2) is 11.7. The summed E-state index contributed by atoms with van der Waals surface area (Å²) in [6.45, 7) is 2.28. The molecular weight excluding hydrogens is 358 g/mol. The Kier molecular flexibility index (Phi) is 8.69. The Morgan fingerprint density at radius 2 is 1.31 bits per heavy atom. The first-order valence-electron chi connectivity index (χ1n) is 11.4. The Balaban J connectivity index is 1.51. The first-order valence-corrected chi connectivity index (χ1v) is 11.4. The lowest BCUT2D eigenvalue weighted by atomic mass is 9.99. The Morgan fingerprint density at radius 1 is 0.724 bits per heavy atom. The third kappa shape index (κ3) is 6.14. The van der Waals surface area contributed by atoms with Gasteiger partial charge in [0.25, 0.3) is 0 Å². The van der Waals surface area contributed by atoms with E-state index in [1.165, 1.54) is 69.8 Å². The van der Waals surface area contributed by atoms with Crippen LogP contribution in [-0.2, 0) is 13.0 Å². The van der Waals surface area contributed by atoms with E-state index in [9.17, 15) is 5.11 Å². The molecule has 0 unspecified atom stereocenters. The zero-order valence-electron chi connectivity index (χ0n) is 17.8. The molecule has 156 valence electrons. The predicted octanol–water partition coefficient (Wildman–Crippen LogP) is 6.38. The van der Waals surface area contributed by atoms with E-state index in [1.54, 1.807) is 4.80 Å². The van der Waals surface area contributed by atoms with Crippen LogP contribution < -0.4 is 0 Å². The Hall–Kier alpha value is -2.20. The van der Waals surface area contributed by atoms with Gasteiger partial charge in [-0.2, -0.15) is 4.80 Å². The summed E-state index contributed by atoms with van der Waals surface area (Å²) in [5, 5.41) is 19.2. The number of hydrogen-bond acceptors (Lipinski definition) is 3. The highest BCUT2D eigenvalue weighted by Crippen LogP contribution is 2.22. The van der Waals surface area contributed by atoms with Crippen LogP contribution in [0.1, 0.15) is 82.3 Å². The van der Waals surface area contributed by atoms with Crippen LogP contribution in [0.2, 0.25) is 0 Å². The van der Waals surface area contributed by atoms with Crippen molar-refractivity contribution in [2.45, 2.75) is 84.2 Å². The highest BCUT2D eigenvalue weighted by molar-refractivity contribution is 5.73. The van der Waals surface area contributed by atoms with E-state index in [-0.39, 0.29) is 6.61 Å². The maximum atomic E-state index is 10.0. The van der Waals surface area contributed by atoms with Crippen molar-refractivity contribution in [3.8, 4) is 5.69 Å². The molecular formula is C25H35N3O. The predicted molar refractivity (Wildman–Crippen MR) is 120 cm³/mol. The maximum absolute atomic E-state index is 10.0. The number of aliphatic hydroxyl groups is 1. The van der Waals surface area contributed by atoms with Crippen molar-refractivity contribution >= 4 is 11.0 Å². The Bertz CT molecular complexity index is 838. The van der Waals surface area contributed by atoms with E-state index in [0.29, 0.717) is 0 Å². The highest BCUT2D eigenvalue weighted by Gasteiger charge is 2.12. The van der Waals surface area contributed by atoms with Gasteiger partial charge in [-0.1, -0.05) is 89.0 Å². The first-order chi connectivity index (χ1) is 14.3. The molecule has 1 heterocycles. The SMILES string of the molecule is CCCCCCCCCCCCc1cccc(-n2nc3ccccc3n2)c1CO. The Labute approximate surface area is 175 Å². The summed E-state index contributed by atoms with van der Waals surface area (Å²) >= 11 is 0. The van der Waals surface area contributed by atoms with Crippen LogP contribution >= 0.6 is 0 Å². The molecule has 0 aliphatic heterocycles. The zero-order chi connectivity index (χ0) is 20.3. The molecule has 0 bridgehead atoms. The molecule has 0 fully saturated rings. The molecule has 0 saturated carbocycles.